The summed E-state index contributed by atoms with van der Waals surface area (Å²) >= 11 is 0. The molecule has 0 bridgehead atoms. The topological polar surface area (TPSA) is 29.5 Å². The number of alkyl halides is 3. The lowest BCUT2D eigenvalue weighted by Crippen LogP contribution is -2.37. The predicted molar refractivity (Wildman–Crippen MR) is 130 cm³/mol. The highest BCUT2D eigenvalue weighted by Crippen LogP contribution is 2.42. The number of halogens is 3. The molecule has 2 nitrogen and oxygen atoms in total. The average Bonchev–Trinajstić information content (AvgIpc) is 2.71. The highest BCUT2D eigenvalue weighted by molar-refractivity contribution is 5.53. The van der Waals surface area contributed by atoms with Crippen molar-refractivity contribution < 1.29 is 23.0 Å². The van der Waals surface area contributed by atoms with Crippen LogP contribution >= 0.6 is 0 Å². The standard InChI is InChI=1S/C28H45F3O2/c1-19(12-8-14-22(4)28(29,30)31)10-7-11-20(2)13-9-16-27(6)17-15-24-23(5)25(32)18-21(3)26(24)33-27/h18-20,22,32H,7-17H2,1-6H3. The summed E-state index contributed by atoms with van der Waals surface area (Å²) in [5.41, 5.74) is 2.95. The molecule has 33 heavy (non-hydrogen) atoms. The Morgan fingerprint density at radius 3 is 2.09 bits per heavy atom. The van der Waals surface area contributed by atoms with E-state index in [1.165, 1.54) is 19.8 Å². The Balaban J connectivity index is 1.65. The Kier molecular flexibility index (Phi) is 9.99. The number of aromatic hydroxyl groups is 1. The molecule has 0 spiro atoms. The monoisotopic (exact) mass is 470 g/mol. The Labute approximate surface area is 199 Å². The van der Waals surface area contributed by atoms with E-state index in [0.717, 1.165) is 67.4 Å². The second-order valence-electron chi connectivity index (χ2n) is 11.1. The lowest BCUT2D eigenvalue weighted by atomic mass is 9.84. The Hall–Kier alpha value is -1.39. The first kappa shape index (κ1) is 27.9. The molecule has 0 fully saturated rings. The molecule has 1 aromatic carbocycles. The number of hydrogen-bond acceptors (Lipinski definition) is 2. The molecule has 0 saturated carbocycles. The summed E-state index contributed by atoms with van der Waals surface area (Å²) in [6, 6.07) is 1.81. The molecule has 0 amide bonds. The Morgan fingerprint density at radius 2 is 1.52 bits per heavy atom. The number of fused-ring (bicyclic) bond motifs is 1. The van der Waals surface area contributed by atoms with E-state index < -0.39 is 12.1 Å². The average molecular weight is 471 g/mol. The molecular formula is C28H45F3O2. The van der Waals surface area contributed by atoms with Gasteiger partial charge >= 0.3 is 6.18 Å². The predicted octanol–water partition coefficient (Wildman–Crippen LogP) is 9.07. The summed E-state index contributed by atoms with van der Waals surface area (Å²) in [6.45, 7) is 12.0. The van der Waals surface area contributed by atoms with Gasteiger partial charge in [0.15, 0.2) is 0 Å². The van der Waals surface area contributed by atoms with Gasteiger partial charge in [-0.1, -0.05) is 59.3 Å². The van der Waals surface area contributed by atoms with Crippen LogP contribution in [0, 0.1) is 31.6 Å². The quantitative estimate of drug-likeness (QED) is 0.330. The molecule has 4 unspecified atom stereocenters. The molecular weight excluding hydrogens is 425 g/mol. The first-order valence-corrected chi connectivity index (χ1v) is 12.9. The van der Waals surface area contributed by atoms with Gasteiger partial charge in [-0.15, -0.1) is 0 Å². The van der Waals surface area contributed by atoms with E-state index in [1.54, 1.807) is 6.07 Å². The fourth-order valence-corrected chi connectivity index (χ4v) is 5.11. The van der Waals surface area contributed by atoms with Crippen LogP contribution in [-0.2, 0) is 6.42 Å². The molecule has 1 aromatic rings. The van der Waals surface area contributed by atoms with Crippen LogP contribution in [0.3, 0.4) is 0 Å². The van der Waals surface area contributed by atoms with Gasteiger partial charge in [-0.3, -0.25) is 0 Å². The van der Waals surface area contributed by atoms with Crippen LogP contribution < -0.4 is 4.74 Å². The van der Waals surface area contributed by atoms with Crippen molar-refractivity contribution in [2.45, 2.75) is 124 Å². The first-order chi connectivity index (χ1) is 15.3. The zero-order valence-electron chi connectivity index (χ0n) is 21.6. The molecule has 1 aliphatic rings. The number of phenolic OH excluding ortho intramolecular Hbond substituents is 1. The van der Waals surface area contributed by atoms with Crippen LogP contribution in [0.1, 0.15) is 109 Å². The van der Waals surface area contributed by atoms with Gasteiger partial charge in [0.1, 0.15) is 17.1 Å². The third-order valence-corrected chi connectivity index (χ3v) is 7.76. The van der Waals surface area contributed by atoms with Crippen LogP contribution in [0.4, 0.5) is 13.2 Å². The molecule has 1 heterocycles. The molecule has 190 valence electrons. The molecule has 4 atom stereocenters. The van der Waals surface area contributed by atoms with Gasteiger partial charge in [0, 0.05) is 5.56 Å². The molecule has 5 heteroatoms. The molecule has 2 rings (SSSR count). The fraction of sp³-hybridized carbons (Fsp3) is 0.786. The van der Waals surface area contributed by atoms with Crippen molar-refractivity contribution in [1.82, 2.24) is 0 Å². The minimum atomic E-state index is -4.05. The second kappa shape index (κ2) is 11.8. The van der Waals surface area contributed by atoms with Gasteiger partial charge < -0.3 is 9.84 Å². The lowest BCUT2D eigenvalue weighted by Gasteiger charge is -2.37. The van der Waals surface area contributed by atoms with Crippen LogP contribution in [0.25, 0.3) is 0 Å². The molecule has 0 saturated heterocycles. The lowest BCUT2D eigenvalue weighted by molar-refractivity contribution is -0.171. The van der Waals surface area contributed by atoms with E-state index >= 15 is 0 Å². The highest BCUT2D eigenvalue weighted by Gasteiger charge is 2.35. The molecule has 0 aromatic heterocycles. The van der Waals surface area contributed by atoms with Crippen LogP contribution in [0.2, 0.25) is 0 Å². The van der Waals surface area contributed by atoms with Crippen molar-refractivity contribution >= 4 is 0 Å². The summed E-state index contributed by atoms with van der Waals surface area (Å²) < 4.78 is 44.3. The summed E-state index contributed by atoms with van der Waals surface area (Å²) in [5.74, 6) is 1.29. The summed E-state index contributed by atoms with van der Waals surface area (Å²) in [6.07, 6.45) is 6.45. The number of phenols is 1. The number of benzene rings is 1. The maximum Gasteiger partial charge on any atom is 0.391 e. The van der Waals surface area contributed by atoms with Gasteiger partial charge in [0.05, 0.1) is 5.92 Å². The number of ether oxygens (including phenoxy) is 1. The zero-order chi connectivity index (χ0) is 24.8. The van der Waals surface area contributed by atoms with Crippen LogP contribution in [-0.4, -0.2) is 16.9 Å². The van der Waals surface area contributed by atoms with Crippen molar-refractivity contribution in [2.75, 3.05) is 0 Å². The van der Waals surface area contributed by atoms with E-state index in [0.29, 0.717) is 24.0 Å². The van der Waals surface area contributed by atoms with E-state index in [-0.39, 0.29) is 12.0 Å². The summed E-state index contributed by atoms with van der Waals surface area (Å²) in [5, 5.41) is 10.1. The maximum atomic E-state index is 12.6. The van der Waals surface area contributed by atoms with Gasteiger partial charge in [0.2, 0.25) is 0 Å². The van der Waals surface area contributed by atoms with Crippen molar-refractivity contribution in [3.05, 3.63) is 22.8 Å². The van der Waals surface area contributed by atoms with Gasteiger partial charge in [0.25, 0.3) is 0 Å². The highest BCUT2D eigenvalue weighted by atomic mass is 19.4. The van der Waals surface area contributed by atoms with E-state index in [1.807, 2.05) is 13.8 Å². The maximum absolute atomic E-state index is 12.6. The fourth-order valence-electron chi connectivity index (χ4n) is 5.11. The number of rotatable bonds is 12. The van der Waals surface area contributed by atoms with Crippen molar-refractivity contribution in [3.8, 4) is 11.5 Å². The van der Waals surface area contributed by atoms with Crippen LogP contribution in [0.15, 0.2) is 6.07 Å². The van der Waals surface area contributed by atoms with Crippen molar-refractivity contribution in [3.63, 3.8) is 0 Å². The third-order valence-electron chi connectivity index (χ3n) is 7.76. The molecule has 1 aliphatic heterocycles. The SMILES string of the molecule is Cc1cc(O)c(C)c2c1OC(C)(CCCC(C)CCCC(C)CCCC(C)C(F)(F)F)CC2. The molecule has 1 N–H and O–H groups in total. The minimum Gasteiger partial charge on any atom is -0.508 e. The van der Waals surface area contributed by atoms with Crippen molar-refractivity contribution in [1.29, 1.82) is 0 Å². The summed E-state index contributed by atoms with van der Waals surface area (Å²) in [4.78, 5) is 0. The minimum absolute atomic E-state index is 0.150. The van der Waals surface area contributed by atoms with E-state index in [2.05, 4.69) is 20.8 Å². The van der Waals surface area contributed by atoms with Crippen LogP contribution in [0.5, 0.6) is 11.5 Å². The Morgan fingerprint density at radius 1 is 0.970 bits per heavy atom. The smallest absolute Gasteiger partial charge is 0.391 e. The first-order valence-electron chi connectivity index (χ1n) is 12.9. The van der Waals surface area contributed by atoms with E-state index in [9.17, 15) is 18.3 Å². The summed E-state index contributed by atoms with van der Waals surface area (Å²) in [7, 11) is 0. The Bertz CT molecular complexity index is 758. The van der Waals surface area contributed by atoms with Crippen molar-refractivity contribution in [2.24, 2.45) is 17.8 Å². The number of aryl methyl sites for hydroxylation is 1. The third kappa shape index (κ3) is 8.40. The van der Waals surface area contributed by atoms with Gasteiger partial charge in [-0.2, -0.15) is 13.2 Å². The zero-order valence-corrected chi connectivity index (χ0v) is 21.6. The molecule has 0 radical (unpaired) electrons. The normalized spacial score (nSPS) is 21.2. The largest absolute Gasteiger partial charge is 0.508 e. The number of hydrogen-bond donors (Lipinski definition) is 1. The molecule has 0 aliphatic carbocycles. The second-order valence-corrected chi connectivity index (χ2v) is 11.1. The van der Waals surface area contributed by atoms with Gasteiger partial charge in [-0.25, -0.2) is 0 Å². The van der Waals surface area contributed by atoms with Gasteiger partial charge in [-0.05, 0) is 81.9 Å². The van der Waals surface area contributed by atoms with E-state index in [4.69, 9.17) is 4.74 Å².